The maximum Gasteiger partial charge on any atom is 0.191 e. The molecule has 0 bridgehead atoms. The van der Waals surface area contributed by atoms with Crippen molar-refractivity contribution < 1.29 is 19.3 Å². The summed E-state index contributed by atoms with van der Waals surface area (Å²) in [7, 11) is 0. The summed E-state index contributed by atoms with van der Waals surface area (Å²) in [5.41, 5.74) is 4.59. The Bertz CT molecular complexity index is 626. The molecule has 1 unspecified atom stereocenters. The van der Waals surface area contributed by atoms with Gasteiger partial charge in [0.25, 0.3) is 0 Å². The van der Waals surface area contributed by atoms with Crippen LogP contribution >= 0.6 is 0 Å². The molecule has 0 radical (unpaired) electrons. The Hall–Kier alpha value is -1.26. The number of fused-ring (bicyclic) bond motifs is 1. The first-order chi connectivity index (χ1) is 13.4. The predicted octanol–water partition coefficient (Wildman–Crippen LogP) is 6.14. The second-order valence-corrected chi connectivity index (χ2v) is 8.53. The molecule has 1 aliphatic heterocycles. The van der Waals surface area contributed by atoms with Crippen LogP contribution in [0.25, 0.3) is 0 Å². The summed E-state index contributed by atoms with van der Waals surface area (Å²) in [6.45, 7) is 10.6. The summed E-state index contributed by atoms with van der Waals surface area (Å²) in [4.78, 5) is 0. The molecule has 1 atom stereocenters. The van der Waals surface area contributed by atoms with E-state index in [0.717, 1.165) is 47.5 Å². The lowest BCUT2D eigenvalue weighted by Gasteiger charge is -2.38. The molecule has 1 aromatic carbocycles. The van der Waals surface area contributed by atoms with Crippen molar-refractivity contribution in [2.24, 2.45) is 0 Å². The van der Waals surface area contributed by atoms with Crippen molar-refractivity contribution in [2.75, 3.05) is 13.6 Å². The Labute approximate surface area is 171 Å². The van der Waals surface area contributed by atoms with Gasteiger partial charge in [0.05, 0.1) is 0 Å². The van der Waals surface area contributed by atoms with Gasteiger partial charge in [-0.05, 0) is 70.1 Å². The average Bonchev–Trinajstić information content (AvgIpc) is 2.68. The van der Waals surface area contributed by atoms with Crippen LogP contribution in [0.1, 0.15) is 93.9 Å². The molecule has 0 saturated heterocycles. The number of rotatable bonds is 12. The molecule has 4 nitrogen and oxygen atoms in total. The van der Waals surface area contributed by atoms with Crippen LogP contribution in [0.4, 0.5) is 0 Å². The number of ether oxygens (including phenoxy) is 3. The van der Waals surface area contributed by atoms with E-state index >= 15 is 0 Å². The van der Waals surface area contributed by atoms with Gasteiger partial charge in [-0.15, -0.1) is 0 Å². The average molecular weight is 393 g/mol. The van der Waals surface area contributed by atoms with Gasteiger partial charge in [-0.2, -0.15) is 0 Å². The summed E-state index contributed by atoms with van der Waals surface area (Å²) in [5.74, 6) is 1.92. The highest BCUT2D eigenvalue weighted by Gasteiger charge is 2.34. The fraction of sp³-hybridized carbons (Fsp3) is 0.750. The number of aliphatic hydroxyl groups excluding tert-OH is 1. The summed E-state index contributed by atoms with van der Waals surface area (Å²) in [6.07, 6.45) is 12.5. The molecule has 0 saturated carbocycles. The Balaban J connectivity index is 1.99. The van der Waals surface area contributed by atoms with E-state index in [1.54, 1.807) is 0 Å². The minimum Gasteiger partial charge on any atom is -0.487 e. The third-order valence-electron chi connectivity index (χ3n) is 6.25. The summed E-state index contributed by atoms with van der Waals surface area (Å²) in [6, 6.07) is 0. The Kier molecular flexibility index (Phi) is 9.10. The maximum atomic E-state index is 8.81. The van der Waals surface area contributed by atoms with Crippen LogP contribution in [-0.2, 0) is 11.2 Å². The Morgan fingerprint density at radius 2 is 1.64 bits per heavy atom. The number of hydrogen-bond acceptors (Lipinski definition) is 4. The van der Waals surface area contributed by atoms with Gasteiger partial charge in [-0.1, -0.05) is 45.4 Å². The molecule has 1 N–H and O–H groups in total. The molecule has 4 heteroatoms. The van der Waals surface area contributed by atoms with Crippen LogP contribution in [-0.4, -0.2) is 24.3 Å². The molecule has 1 heterocycles. The number of unbranched alkanes of at least 4 members (excludes halogenated alkanes) is 6. The van der Waals surface area contributed by atoms with Crippen molar-refractivity contribution >= 4 is 0 Å². The Morgan fingerprint density at radius 3 is 2.32 bits per heavy atom. The molecule has 0 spiro atoms. The van der Waals surface area contributed by atoms with E-state index < -0.39 is 0 Å². The van der Waals surface area contributed by atoms with Gasteiger partial charge < -0.3 is 19.3 Å². The topological polar surface area (TPSA) is 47.9 Å². The van der Waals surface area contributed by atoms with Crippen LogP contribution in [0, 0.1) is 20.8 Å². The van der Waals surface area contributed by atoms with Gasteiger partial charge >= 0.3 is 0 Å². The van der Waals surface area contributed by atoms with Gasteiger partial charge in [0, 0.05) is 5.56 Å². The van der Waals surface area contributed by atoms with Gasteiger partial charge in [0.2, 0.25) is 0 Å². The third kappa shape index (κ3) is 5.87. The molecule has 28 heavy (non-hydrogen) atoms. The van der Waals surface area contributed by atoms with E-state index in [4.69, 9.17) is 19.3 Å². The zero-order valence-electron chi connectivity index (χ0n) is 18.7. The molecule has 0 amide bonds. The van der Waals surface area contributed by atoms with Crippen LogP contribution in [0.3, 0.4) is 0 Å². The zero-order chi connectivity index (χ0) is 20.6. The number of aliphatic hydroxyl groups is 1. The highest BCUT2D eigenvalue weighted by molar-refractivity contribution is 5.59. The maximum absolute atomic E-state index is 8.81. The minimum absolute atomic E-state index is 0.0627. The lowest BCUT2D eigenvalue weighted by molar-refractivity contribution is -0.0658. The van der Waals surface area contributed by atoms with Crippen molar-refractivity contribution in [2.45, 2.75) is 104 Å². The van der Waals surface area contributed by atoms with Gasteiger partial charge in [0.1, 0.15) is 23.9 Å². The Morgan fingerprint density at radius 1 is 0.964 bits per heavy atom. The monoisotopic (exact) mass is 392 g/mol. The van der Waals surface area contributed by atoms with Crippen molar-refractivity contribution in [3.63, 3.8) is 0 Å². The van der Waals surface area contributed by atoms with Crippen LogP contribution in [0.15, 0.2) is 0 Å². The highest BCUT2D eigenvalue weighted by atomic mass is 16.7. The van der Waals surface area contributed by atoms with Gasteiger partial charge in [-0.3, -0.25) is 0 Å². The predicted molar refractivity (Wildman–Crippen MR) is 114 cm³/mol. The molecule has 1 aromatic rings. The van der Waals surface area contributed by atoms with E-state index in [1.807, 2.05) is 0 Å². The lowest BCUT2D eigenvalue weighted by atomic mass is 9.84. The van der Waals surface area contributed by atoms with E-state index in [2.05, 4.69) is 34.6 Å². The largest absolute Gasteiger partial charge is 0.487 e. The molecule has 0 aliphatic carbocycles. The fourth-order valence-corrected chi connectivity index (χ4v) is 4.27. The first-order valence-corrected chi connectivity index (χ1v) is 11.1. The summed E-state index contributed by atoms with van der Waals surface area (Å²) >= 11 is 0. The van der Waals surface area contributed by atoms with E-state index in [1.165, 1.54) is 50.5 Å². The number of benzene rings is 1. The first kappa shape index (κ1) is 23.0. The van der Waals surface area contributed by atoms with Crippen molar-refractivity contribution in [3.8, 4) is 11.5 Å². The van der Waals surface area contributed by atoms with Crippen molar-refractivity contribution in [1.82, 2.24) is 0 Å². The van der Waals surface area contributed by atoms with Crippen molar-refractivity contribution in [1.29, 1.82) is 0 Å². The normalized spacial score (nSPS) is 18.6. The first-order valence-electron chi connectivity index (χ1n) is 11.1. The smallest absolute Gasteiger partial charge is 0.191 e. The van der Waals surface area contributed by atoms with Gasteiger partial charge in [0.15, 0.2) is 6.79 Å². The van der Waals surface area contributed by atoms with E-state index in [0.29, 0.717) is 0 Å². The second kappa shape index (κ2) is 11.1. The van der Waals surface area contributed by atoms with Gasteiger partial charge in [-0.25, -0.2) is 0 Å². The van der Waals surface area contributed by atoms with E-state index in [-0.39, 0.29) is 19.2 Å². The quantitative estimate of drug-likeness (QED) is 0.343. The molecule has 2 rings (SSSR count). The molecule has 1 aliphatic rings. The standard InChI is InChI=1S/C24H40O4/c1-6-7-8-9-10-11-12-14-24(5)15-13-21-20(4)22(27-17-26-16-25)18(2)19(3)23(21)28-24/h25H,6-17H2,1-5H3. The minimum atomic E-state index is -0.331. The van der Waals surface area contributed by atoms with Crippen LogP contribution < -0.4 is 9.47 Å². The zero-order valence-corrected chi connectivity index (χ0v) is 18.7. The molecular formula is C24H40O4. The number of hydrogen-bond donors (Lipinski definition) is 1. The summed E-state index contributed by atoms with van der Waals surface area (Å²) < 4.78 is 17.4. The molecule has 0 aromatic heterocycles. The third-order valence-corrected chi connectivity index (χ3v) is 6.25. The fourth-order valence-electron chi connectivity index (χ4n) is 4.27. The molecular weight excluding hydrogens is 352 g/mol. The highest BCUT2D eigenvalue weighted by Crippen LogP contribution is 2.44. The van der Waals surface area contributed by atoms with Crippen LogP contribution in [0.5, 0.6) is 11.5 Å². The lowest BCUT2D eigenvalue weighted by Crippen LogP contribution is -2.37. The second-order valence-electron chi connectivity index (χ2n) is 8.53. The molecule has 160 valence electrons. The van der Waals surface area contributed by atoms with Crippen molar-refractivity contribution in [3.05, 3.63) is 22.3 Å². The molecule has 0 fully saturated rings. The van der Waals surface area contributed by atoms with Crippen LogP contribution in [0.2, 0.25) is 0 Å². The SMILES string of the molecule is CCCCCCCCCC1(C)CCc2c(C)c(OCOCO)c(C)c(C)c2O1. The summed E-state index contributed by atoms with van der Waals surface area (Å²) in [5, 5.41) is 8.81. The van der Waals surface area contributed by atoms with E-state index in [9.17, 15) is 0 Å².